The van der Waals surface area contributed by atoms with Gasteiger partial charge in [0.25, 0.3) is 10.1 Å². The number of hydrogen-bond donors (Lipinski definition) is 5. The zero-order valence-electron chi connectivity index (χ0n) is 9.28. The van der Waals surface area contributed by atoms with Gasteiger partial charge in [-0.2, -0.15) is 8.42 Å². The number of hydrogen-bond acceptors (Lipinski definition) is 5. The Morgan fingerprint density at radius 2 is 1.83 bits per heavy atom. The summed E-state index contributed by atoms with van der Waals surface area (Å²) in [6.45, 7) is 0. The predicted molar refractivity (Wildman–Crippen MR) is 63.6 cm³/mol. The highest BCUT2D eigenvalue weighted by Gasteiger charge is 2.10. The van der Waals surface area contributed by atoms with Gasteiger partial charge in [0.1, 0.15) is 17.1 Å². The van der Waals surface area contributed by atoms with E-state index in [1.54, 1.807) is 0 Å². The largest absolute Gasteiger partial charge is 0.507 e. The average molecular weight is 276 g/mol. The SMILES string of the molecule is CS(=O)(=O)O.N=C(N)c1ccc(O)c(C(=O)O)c1. The number of amidine groups is 1. The first-order valence-electron chi connectivity index (χ1n) is 4.35. The van der Waals surface area contributed by atoms with Gasteiger partial charge in [-0.05, 0) is 18.2 Å². The zero-order chi connectivity index (χ0) is 14.5. The van der Waals surface area contributed by atoms with E-state index in [0.29, 0.717) is 6.26 Å². The van der Waals surface area contributed by atoms with Gasteiger partial charge in [-0.1, -0.05) is 0 Å². The Labute approximate surface area is 103 Å². The molecule has 0 aliphatic heterocycles. The van der Waals surface area contributed by atoms with Crippen LogP contribution in [0.25, 0.3) is 0 Å². The van der Waals surface area contributed by atoms with Gasteiger partial charge < -0.3 is 15.9 Å². The molecule has 0 atom stereocenters. The van der Waals surface area contributed by atoms with Crippen LogP contribution in [0.15, 0.2) is 18.2 Å². The smallest absolute Gasteiger partial charge is 0.339 e. The van der Waals surface area contributed by atoms with Crippen molar-refractivity contribution in [3.8, 4) is 5.75 Å². The molecule has 0 radical (unpaired) electrons. The van der Waals surface area contributed by atoms with E-state index in [1.165, 1.54) is 12.1 Å². The summed E-state index contributed by atoms with van der Waals surface area (Å²) in [7, 11) is -3.67. The molecule has 0 fully saturated rings. The summed E-state index contributed by atoms with van der Waals surface area (Å²) in [6, 6.07) is 3.73. The minimum atomic E-state index is -3.67. The number of phenols is 1. The molecule has 100 valence electrons. The highest BCUT2D eigenvalue weighted by molar-refractivity contribution is 7.85. The van der Waals surface area contributed by atoms with Gasteiger partial charge in [0.15, 0.2) is 0 Å². The molecule has 1 aromatic rings. The van der Waals surface area contributed by atoms with Crippen molar-refractivity contribution in [2.24, 2.45) is 5.73 Å². The van der Waals surface area contributed by atoms with Crippen molar-refractivity contribution >= 4 is 21.9 Å². The third-order valence-electron chi connectivity index (χ3n) is 1.54. The first kappa shape index (κ1) is 15.9. The van der Waals surface area contributed by atoms with E-state index in [1.807, 2.05) is 0 Å². The Kier molecular flexibility index (Phi) is 5.27. The second kappa shape index (κ2) is 5.98. The third-order valence-corrected chi connectivity index (χ3v) is 1.54. The van der Waals surface area contributed by atoms with E-state index < -0.39 is 16.1 Å². The molecule has 0 aliphatic rings. The summed E-state index contributed by atoms with van der Waals surface area (Å²) >= 11 is 0. The van der Waals surface area contributed by atoms with Crippen LogP contribution >= 0.6 is 0 Å². The van der Waals surface area contributed by atoms with E-state index in [-0.39, 0.29) is 22.7 Å². The topological polar surface area (TPSA) is 162 Å². The highest BCUT2D eigenvalue weighted by atomic mass is 32.2. The van der Waals surface area contributed by atoms with Gasteiger partial charge in [-0.3, -0.25) is 9.96 Å². The van der Waals surface area contributed by atoms with Gasteiger partial charge in [0.2, 0.25) is 0 Å². The third kappa shape index (κ3) is 6.45. The molecule has 0 bridgehead atoms. The van der Waals surface area contributed by atoms with Crippen LogP contribution < -0.4 is 5.73 Å². The molecule has 0 saturated heterocycles. The molecule has 0 spiro atoms. The Morgan fingerprint density at radius 3 is 2.17 bits per heavy atom. The van der Waals surface area contributed by atoms with Gasteiger partial charge in [0, 0.05) is 5.56 Å². The molecule has 8 nitrogen and oxygen atoms in total. The molecular formula is C9H12N2O6S. The number of aromatic carboxylic acids is 1. The molecule has 0 aliphatic carbocycles. The van der Waals surface area contributed by atoms with Crippen LogP contribution in [0.5, 0.6) is 5.75 Å². The maximum Gasteiger partial charge on any atom is 0.339 e. The van der Waals surface area contributed by atoms with Crippen molar-refractivity contribution < 1.29 is 28.0 Å². The van der Waals surface area contributed by atoms with E-state index in [2.05, 4.69) is 0 Å². The summed E-state index contributed by atoms with van der Waals surface area (Å²) in [4.78, 5) is 10.5. The molecule has 0 amide bonds. The Bertz CT molecular complexity index is 558. The lowest BCUT2D eigenvalue weighted by Crippen LogP contribution is -2.12. The van der Waals surface area contributed by atoms with Crippen molar-refractivity contribution in [2.45, 2.75) is 0 Å². The van der Waals surface area contributed by atoms with E-state index in [9.17, 15) is 13.2 Å². The van der Waals surface area contributed by atoms with Crippen molar-refractivity contribution in [2.75, 3.05) is 6.26 Å². The average Bonchev–Trinajstić information content (AvgIpc) is 2.14. The maximum absolute atomic E-state index is 10.5. The van der Waals surface area contributed by atoms with Crippen LogP contribution in [0, 0.1) is 5.41 Å². The Balaban J connectivity index is 0.000000494. The van der Waals surface area contributed by atoms with Gasteiger partial charge in [0.05, 0.1) is 6.26 Å². The summed E-state index contributed by atoms with van der Waals surface area (Å²) < 4.78 is 25.9. The van der Waals surface area contributed by atoms with Gasteiger partial charge in [-0.25, -0.2) is 4.79 Å². The number of nitrogens with one attached hydrogen (secondary N) is 1. The number of benzene rings is 1. The van der Waals surface area contributed by atoms with Crippen LogP contribution in [-0.4, -0.2) is 41.2 Å². The minimum absolute atomic E-state index is 0.234. The fourth-order valence-corrected chi connectivity index (χ4v) is 0.875. The molecular weight excluding hydrogens is 264 g/mol. The van der Waals surface area contributed by atoms with Crippen molar-refractivity contribution in [3.05, 3.63) is 29.3 Å². The van der Waals surface area contributed by atoms with Gasteiger partial charge in [-0.15, -0.1) is 0 Å². The first-order chi connectivity index (χ1) is 8.02. The molecule has 0 unspecified atom stereocenters. The highest BCUT2D eigenvalue weighted by Crippen LogP contribution is 2.17. The summed E-state index contributed by atoms with van der Waals surface area (Å²) in [6.07, 6.45) is 0.715. The predicted octanol–water partition coefficient (Wildman–Crippen LogP) is -0.122. The van der Waals surface area contributed by atoms with Crippen LogP contribution in [0.4, 0.5) is 0 Å². The fourth-order valence-electron chi connectivity index (χ4n) is 0.875. The summed E-state index contributed by atoms with van der Waals surface area (Å²) in [5.41, 5.74) is 5.16. The fraction of sp³-hybridized carbons (Fsp3) is 0.111. The van der Waals surface area contributed by atoms with Gasteiger partial charge >= 0.3 is 5.97 Å². The lowest BCUT2D eigenvalue weighted by molar-refractivity contribution is 0.0693. The van der Waals surface area contributed by atoms with Crippen molar-refractivity contribution in [3.63, 3.8) is 0 Å². The number of carboxylic acids is 1. The van der Waals surface area contributed by atoms with Crippen LogP contribution in [-0.2, 0) is 10.1 Å². The number of aromatic hydroxyl groups is 1. The second-order valence-electron chi connectivity index (χ2n) is 3.18. The quantitative estimate of drug-likeness (QED) is 0.285. The Hall–Kier alpha value is -2.13. The normalized spacial score (nSPS) is 10.1. The summed E-state index contributed by atoms with van der Waals surface area (Å²) in [5.74, 6) is -1.82. The number of carboxylic acid groups (broad SMARTS) is 1. The second-order valence-corrected chi connectivity index (χ2v) is 4.65. The number of rotatable bonds is 2. The molecule has 9 heteroatoms. The number of carbonyl (C=O) groups is 1. The molecule has 0 aromatic heterocycles. The molecule has 1 rings (SSSR count). The standard InChI is InChI=1S/C8H8N2O3.CH4O3S/c9-7(10)4-1-2-6(11)5(3-4)8(12)13;1-5(2,3)4/h1-3,11H,(H3,9,10)(H,12,13);1H3,(H,2,3,4). The molecule has 6 N–H and O–H groups in total. The number of nitrogen functional groups attached to an aromatic ring is 1. The minimum Gasteiger partial charge on any atom is -0.507 e. The summed E-state index contributed by atoms with van der Waals surface area (Å²) in [5, 5.41) is 24.7. The Morgan fingerprint density at radius 1 is 1.39 bits per heavy atom. The molecule has 18 heavy (non-hydrogen) atoms. The lowest BCUT2D eigenvalue weighted by Gasteiger charge is -2.02. The van der Waals surface area contributed by atoms with Crippen LogP contribution in [0.1, 0.15) is 15.9 Å². The van der Waals surface area contributed by atoms with E-state index in [0.717, 1.165) is 6.07 Å². The molecule has 0 heterocycles. The van der Waals surface area contributed by atoms with E-state index >= 15 is 0 Å². The lowest BCUT2D eigenvalue weighted by atomic mass is 10.1. The number of nitrogens with two attached hydrogens (primary N) is 1. The van der Waals surface area contributed by atoms with Crippen molar-refractivity contribution in [1.29, 1.82) is 5.41 Å². The monoisotopic (exact) mass is 276 g/mol. The maximum atomic E-state index is 10.5. The van der Waals surface area contributed by atoms with Crippen molar-refractivity contribution in [1.82, 2.24) is 0 Å². The zero-order valence-corrected chi connectivity index (χ0v) is 10.1. The van der Waals surface area contributed by atoms with E-state index in [4.69, 9.17) is 25.9 Å². The van der Waals surface area contributed by atoms with Crippen LogP contribution in [0.2, 0.25) is 0 Å². The first-order valence-corrected chi connectivity index (χ1v) is 6.20. The van der Waals surface area contributed by atoms with Crippen LogP contribution in [0.3, 0.4) is 0 Å². The molecule has 0 saturated carbocycles. The molecule has 1 aromatic carbocycles.